The number of ketones is 1. The molecule has 0 radical (unpaired) electrons. The Morgan fingerprint density at radius 2 is 1.75 bits per heavy atom. The van der Waals surface area contributed by atoms with Crippen LogP contribution in [0.5, 0.6) is 0 Å². The number of rotatable bonds is 6. The highest BCUT2D eigenvalue weighted by Gasteiger charge is 2.19. The lowest BCUT2D eigenvalue weighted by atomic mass is 10.1. The molecule has 148 valence electrons. The van der Waals surface area contributed by atoms with Crippen LogP contribution < -0.4 is 10.5 Å². The van der Waals surface area contributed by atoms with E-state index in [0.717, 1.165) is 6.07 Å². The minimum Gasteiger partial charge on any atom is -0.452 e. The molecule has 28 heavy (non-hydrogen) atoms. The molecule has 2 rings (SSSR count). The smallest absolute Gasteiger partial charge is 0.338 e. The molecule has 0 saturated heterocycles. The van der Waals surface area contributed by atoms with Gasteiger partial charge in [0, 0.05) is 5.56 Å². The summed E-state index contributed by atoms with van der Waals surface area (Å²) >= 11 is 0. The number of amides is 1. The number of carbonyl (C=O) groups excluding carboxylic acids is 3. The van der Waals surface area contributed by atoms with Crippen molar-refractivity contribution in [1.82, 2.24) is 0 Å². The number of benzene rings is 2. The fourth-order valence-corrected chi connectivity index (χ4v) is 3.42. The maximum Gasteiger partial charge on any atom is 0.338 e. The number of esters is 1. The number of nitrogens with two attached hydrogens (primary N) is 1. The van der Waals surface area contributed by atoms with Crippen molar-refractivity contribution in [3.63, 3.8) is 0 Å². The number of Topliss-reactive ketones (excluding diaryl/α,β-unsaturated/α-hetero) is 1. The summed E-state index contributed by atoms with van der Waals surface area (Å²) in [6.07, 6.45) is 0. The summed E-state index contributed by atoms with van der Waals surface area (Å²) in [5, 5.41) is 7.67. The van der Waals surface area contributed by atoms with Gasteiger partial charge in [0.1, 0.15) is 0 Å². The van der Waals surface area contributed by atoms with E-state index >= 15 is 0 Å². The lowest BCUT2D eigenvalue weighted by Crippen LogP contribution is -2.22. The SMILES string of the molecule is CC(=O)c1ccccc1NC(=O)COC(=O)c1cc(C)c(C)c(S(N)(=O)=O)c1. The Hall–Kier alpha value is -3.04. The third-order valence-electron chi connectivity index (χ3n) is 4.08. The standard InChI is InChI=1S/C19H20N2O6S/c1-11-8-14(9-17(12(11)2)28(20,25)26)19(24)27-10-18(23)21-16-7-5-4-6-15(16)13(3)22/h4-9H,10H2,1-3H3,(H,21,23)(H2,20,25,26). The van der Waals surface area contributed by atoms with Gasteiger partial charge < -0.3 is 10.1 Å². The summed E-state index contributed by atoms with van der Waals surface area (Å²) < 4.78 is 28.3. The molecule has 0 aliphatic rings. The van der Waals surface area contributed by atoms with E-state index in [1.807, 2.05) is 0 Å². The molecule has 0 bridgehead atoms. The average molecular weight is 404 g/mol. The molecule has 1 amide bonds. The van der Waals surface area contributed by atoms with Gasteiger partial charge in [-0.05, 0) is 56.2 Å². The number of carbonyl (C=O) groups is 3. The zero-order valence-corrected chi connectivity index (χ0v) is 16.4. The number of primary sulfonamides is 1. The van der Waals surface area contributed by atoms with Crippen LogP contribution >= 0.6 is 0 Å². The second kappa shape index (κ2) is 8.32. The van der Waals surface area contributed by atoms with Crippen LogP contribution in [0.1, 0.15) is 38.8 Å². The predicted octanol–water partition coefficient (Wildman–Crippen LogP) is 1.95. The van der Waals surface area contributed by atoms with Crippen molar-refractivity contribution in [3.05, 3.63) is 58.7 Å². The van der Waals surface area contributed by atoms with Gasteiger partial charge in [-0.25, -0.2) is 18.4 Å². The fourth-order valence-electron chi connectivity index (χ4n) is 2.54. The van der Waals surface area contributed by atoms with Crippen molar-refractivity contribution in [2.45, 2.75) is 25.7 Å². The van der Waals surface area contributed by atoms with Crippen molar-refractivity contribution in [2.75, 3.05) is 11.9 Å². The van der Waals surface area contributed by atoms with Crippen molar-refractivity contribution in [3.8, 4) is 0 Å². The van der Waals surface area contributed by atoms with Gasteiger partial charge in [0.15, 0.2) is 12.4 Å². The fraction of sp³-hybridized carbons (Fsp3) is 0.211. The van der Waals surface area contributed by atoms with E-state index in [2.05, 4.69) is 5.32 Å². The lowest BCUT2D eigenvalue weighted by molar-refractivity contribution is -0.119. The topological polar surface area (TPSA) is 133 Å². The molecule has 2 aromatic carbocycles. The monoisotopic (exact) mass is 404 g/mol. The number of sulfonamides is 1. The molecule has 0 atom stereocenters. The van der Waals surface area contributed by atoms with Crippen LogP contribution in [0.2, 0.25) is 0 Å². The van der Waals surface area contributed by atoms with E-state index < -0.39 is 28.5 Å². The molecule has 0 aliphatic heterocycles. The van der Waals surface area contributed by atoms with Crippen LogP contribution in [0.4, 0.5) is 5.69 Å². The quantitative estimate of drug-likeness (QED) is 0.558. The first-order valence-electron chi connectivity index (χ1n) is 8.21. The van der Waals surface area contributed by atoms with Gasteiger partial charge in [0.25, 0.3) is 5.91 Å². The first-order chi connectivity index (χ1) is 13.0. The number of hydrogen-bond donors (Lipinski definition) is 2. The molecule has 0 aliphatic carbocycles. The molecule has 8 nitrogen and oxygen atoms in total. The number of aryl methyl sites for hydroxylation is 1. The second-order valence-electron chi connectivity index (χ2n) is 6.19. The van der Waals surface area contributed by atoms with Gasteiger partial charge >= 0.3 is 5.97 Å². The Morgan fingerprint density at radius 3 is 2.36 bits per heavy atom. The Balaban J connectivity index is 2.12. The highest BCUT2D eigenvalue weighted by molar-refractivity contribution is 7.89. The van der Waals surface area contributed by atoms with Gasteiger partial charge in [-0.3, -0.25) is 9.59 Å². The van der Waals surface area contributed by atoms with Crippen LogP contribution in [0.3, 0.4) is 0 Å². The maximum atomic E-state index is 12.2. The molecule has 0 spiro atoms. The van der Waals surface area contributed by atoms with E-state index in [1.54, 1.807) is 38.1 Å². The first kappa shape index (κ1) is 21.3. The molecule has 0 saturated carbocycles. The highest BCUT2D eigenvalue weighted by Crippen LogP contribution is 2.21. The van der Waals surface area contributed by atoms with Crippen molar-refractivity contribution < 1.29 is 27.5 Å². The number of hydrogen-bond acceptors (Lipinski definition) is 6. The third-order valence-corrected chi connectivity index (χ3v) is 5.11. The highest BCUT2D eigenvalue weighted by atomic mass is 32.2. The summed E-state index contributed by atoms with van der Waals surface area (Å²) in [7, 11) is -4.02. The van der Waals surface area contributed by atoms with E-state index in [9.17, 15) is 22.8 Å². The molecule has 2 aromatic rings. The summed E-state index contributed by atoms with van der Waals surface area (Å²) in [6, 6.07) is 9.00. The number of nitrogens with one attached hydrogen (secondary N) is 1. The minimum atomic E-state index is -4.02. The van der Waals surface area contributed by atoms with Gasteiger partial charge in [-0.2, -0.15) is 0 Å². The average Bonchev–Trinajstić information content (AvgIpc) is 2.61. The Labute approximate surface area is 162 Å². The molecule has 9 heteroatoms. The Kier molecular flexibility index (Phi) is 6.32. The predicted molar refractivity (Wildman–Crippen MR) is 103 cm³/mol. The van der Waals surface area contributed by atoms with Crippen molar-refractivity contribution in [2.24, 2.45) is 5.14 Å². The van der Waals surface area contributed by atoms with Gasteiger partial charge in [0.2, 0.25) is 10.0 Å². The first-order valence-corrected chi connectivity index (χ1v) is 9.76. The van der Waals surface area contributed by atoms with E-state index in [1.165, 1.54) is 13.0 Å². The van der Waals surface area contributed by atoms with Gasteiger partial charge in [-0.15, -0.1) is 0 Å². The van der Waals surface area contributed by atoms with E-state index in [0.29, 0.717) is 22.4 Å². The second-order valence-corrected chi connectivity index (χ2v) is 7.72. The van der Waals surface area contributed by atoms with Gasteiger partial charge in [-0.1, -0.05) is 12.1 Å². The van der Waals surface area contributed by atoms with E-state index in [4.69, 9.17) is 9.88 Å². The van der Waals surface area contributed by atoms with Crippen molar-refractivity contribution in [1.29, 1.82) is 0 Å². The van der Waals surface area contributed by atoms with Gasteiger partial charge in [0.05, 0.1) is 16.1 Å². The number of para-hydroxylation sites is 1. The molecule has 0 heterocycles. The summed E-state index contributed by atoms with van der Waals surface area (Å²) in [6.45, 7) is 3.97. The molecular weight excluding hydrogens is 384 g/mol. The van der Waals surface area contributed by atoms with Crippen molar-refractivity contribution >= 4 is 33.4 Å². The van der Waals surface area contributed by atoms with Crippen LogP contribution in [-0.4, -0.2) is 32.7 Å². The summed E-state index contributed by atoms with van der Waals surface area (Å²) in [5.74, 6) is -1.74. The normalized spacial score (nSPS) is 11.0. The summed E-state index contributed by atoms with van der Waals surface area (Å²) in [5.41, 5.74) is 1.56. The Morgan fingerprint density at radius 1 is 1.11 bits per heavy atom. The lowest BCUT2D eigenvalue weighted by Gasteiger charge is -2.11. The third kappa shape index (κ3) is 5.02. The molecule has 0 fully saturated rings. The van der Waals surface area contributed by atoms with Crippen LogP contribution in [0.15, 0.2) is 41.3 Å². The van der Waals surface area contributed by atoms with E-state index in [-0.39, 0.29) is 16.2 Å². The maximum absolute atomic E-state index is 12.2. The Bertz CT molecular complexity index is 1060. The molecule has 0 unspecified atom stereocenters. The minimum absolute atomic E-state index is 0.0379. The molecule has 3 N–H and O–H groups in total. The largest absolute Gasteiger partial charge is 0.452 e. The zero-order valence-electron chi connectivity index (χ0n) is 15.6. The van der Waals surface area contributed by atoms with Crippen LogP contribution in [-0.2, 0) is 19.6 Å². The number of ether oxygens (including phenoxy) is 1. The zero-order chi connectivity index (χ0) is 21.1. The number of anilines is 1. The van der Waals surface area contributed by atoms with Crippen LogP contribution in [0.25, 0.3) is 0 Å². The summed E-state index contributed by atoms with van der Waals surface area (Å²) in [4.78, 5) is 35.7. The van der Waals surface area contributed by atoms with Crippen LogP contribution in [0, 0.1) is 13.8 Å². The molecule has 0 aromatic heterocycles. The molecular formula is C19H20N2O6S.